The summed E-state index contributed by atoms with van der Waals surface area (Å²) in [6.45, 7) is 9.86. The third kappa shape index (κ3) is 7.50. The molecule has 2 atom stereocenters. The van der Waals surface area contributed by atoms with Crippen molar-refractivity contribution in [2.45, 2.75) is 76.9 Å². The van der Waals surface area contributed by atoms with Crippen molar-refractivity contribution in [3.63, 3.8) is 0 Å². The van der Waals surface area contributed by atoms with Crippen LogP contribution < -0.4 is 14.9 Å². The number of sulfonamides is 1. The van der Waals surface area contributed by atoms with Crippen LogP contribution in [0.2, 0.25) is 0 Å². The molecule has 1 aliphatic carbocycles. The molecular formula is C26H43N5O6S2. The predicted octanol–water partition coefficient (Wildman–Crippen LogP) is 1.99. The van der Waals surface area contributed by atoms with Crippen LogP contribution >= 0.6 is 0 Å². The second-order valence-electron chi connectivity index (χ2n) is 11.3. The lowest BCUT2D eigenvalue weighted by Crippen LogP contribution is -2.57. The molecule has 1 aromatic carbocycles. The van der Waals surface area contributed by atoms with E-state index in [4.69, 9.17) is 4.74 Å². The van der Waals surface area contributed by atoms with Crippen molar-refractivity contribution in [1.82, 2.24) is 13.3 Å². The predicted molar refractivity (Wildman–Crippen MR) is 152 cm³/mol. The van der Waals surface area contributed by atoms with E-state index < -0.39 is 25.5 Å². The van der Waals surface area contributed by atoms with Gasteiger partial charge in [-0.2, -0.15) is 17.0 Å². The number of benzene rings is 1. The topological polar surface area (TPSA) is 128 Å². The number of anilines is 2. The molecule has 0 bridgehead atoms. The molecular weight excluding hydrogens is 542 g/mol. The molecule has 3 aliphatic rings. The van der Waals surface area contributed by atoms with E-state index in [2.05, 4.69) is 14.9 Å². The second kappa shape index (κ2) is 12.4. The van der Waals surface area contributed by atoms with Gasteiger partial charge in [-0.1, -0.05) is 0 Å². The van der Waals surface area contributed by atoms with Crippen LogP contribution in [0.1, 0.15) is 53.4 Å². The average Bonchev–Trinajstić information content (AvgIpc) is 2.89. The summed E-state index contributed by atoms with van der Waals surface area (Å²) in [4.78, 5) is 15.0. The first-order valence-electron chi connectivity index (χ1n) is 13.9. The Labute approximate surface area is 233 Å². The third-order valence-electron chi connectivity index (χ3n) is 7.83. The van der Waals surface area contributed by atoms with Crippen molar-refractivity contribution in [2.75, 3.05) is 49.5 Å². The highest BCUT2D eigenvalue weighted by Crippen LogP contribution is 2.27. The van der Waals surface area contributed by atoms with Crippen LogP contribution in [-0.2, 0) is 29.8 Å². The van der Waals surface area contributed by atoms with Crippen LogP contribution in [0.15, 0.2) is 24.3 Å². The highest BCUT2D eigenvalue weighted by atomic mass is 32.2. The summed E-state index contributed by atoms with van der Waals surface area (Å²) in [5, 5.41) is 2.52. The number of hydrogen-bond donors (Lipinski definition) is 2. The highest BCUT2D eigenvalue weighted by Gasteiger charge is 2.37. The summed E-state index contributed by atoms with van der Waals surface area (Å²) in [7, 11) is -6.84. The summed E-state index contributed by atoms with van der Waals surface area (Å²) in [5.41, 5.74) is 1.69. The van der Waals surface area contributed by atoms with Crippen LogP contribution in [0, 0.1) is 5.92 Å². The van der Waals surface area contributed by atoms with Crippen molar-refractivity contribution < 1.29 is 26.4 Å². The van der Waals surface area contributed by atoms with Gasteiger partial charge in [-0.15, -0.1) is 0 Å². The Hall–Kier alpha value is -1.77. The quantitative estimate of drug-likeness (QED) is 0.478. The number of ether oxygens (including phenoxy) is 1. The first-order chi connectivity index (χ1) is 18.3. The molecule has 1 aromatic rings. The Morgan fingerprint density at radius 1 is 0.872 bits per heavy atom. The summed E-state index contributed by atoms with van der Waals surface area (Å²) >= 11 is 0. The third-order valence-corrected chi connectivity index (χ3v) is 11.7. The molecule has 13 heteroatoms. The van der Waals surface area contributed by atoms with Crippen LogP contribution in [0.3, 0.4) is 0 Å². The Balaban J connectivity index is 1.24. The molecule has 2 heterocycles. The Morgan fingerprint density at radius 2 is 1.44 bits per heavy atom. The van der Waals surface area contributed by atoms with Gasteiger partial charge >= 0.3 is 0 Å². The SMILES string of the molecule is CC(C)S(=O)(=O)NC1CCC(C(=O)Nc2ccc(N3CCN(S(=O)(=O)N4C[C@@H](C)O[C@@H](C)C4)CC3)cc2)CC1. The van der Waals surface area contributed by atoms with Crippen molar-refractivity contribution >= 4 is 37.5 Å². The van der Waals surface area contributed by atoms with E-state index in [1.54, 1.807) is 18.2 Å². The molecule has 39 heavy (non-hydrogen) atoms. The molecule has 0 unspecified atom stereocenters. The monoisotopic (exact) mass is 585 g/mol. The number of morpholine rings is 1. The van der Waals surface area contributed by atoms with E-state index in [-0.39, 0.29) is 30.1 Å². The number of rotatable bonds is 8. The van der Waals surface area contributed by atoms with Crippen LogP contribution in [0.25, 0.3) is 0 Å². The fraction of sp³-hybridized carbons (Fsp3) is 0.731. The van der Waals surface area contributed by atoms with E-state index in [0.29, 0.717) is 70.6 Å². The van der Waals surface area contributed by atoms with Crippen molar-refractivity contribution in [3.8, 4) is 0 Å². The largest absolute Gasteiger partial charge is 0.373 e. The summed E-state index contributed by atoms with van der Waals surface area (Å²) in [5.74, 6) is -0.185. The van der Waals surface area contributed by atoms with Gasteiger partial charge < -0.3 is 15.0 Å². The molecule has 0 spiro atoms. The summed E-state index contributed by atoms with van der Waals surface area (Å²) in [6, 6.07) is 7.52. The van der Waals surface area contributed by atoms with E-state index in [9.17, 15) is 21.6 Å². The molecule has 1 saturated carbocycles. The standard InChI is InChI=1S/C26H43N5O6S2/c1-19(2)38(33,34)28-24-7-5-22(6-8-24)26(32)27-23-9-11-25(12-10-23)29-13-15-30(16-14-29)39(35,36)31-17-20(3)37-21(4)18-31/h9-12,19-22,24,28H,5-8,13-18H2,1-4H3,(H,27,32)/t20-,21+,22?,24?. The zero-order valence-electron chi connectivity index (χ0n) is 23.4. The number of carbonyl (C=O) groups excluding carboxylic acids is 1. The number of hydrogen-bond acceptors (Lipinski definition) is 7. The zero-order chi connectivity index (χ0) is 28.4. The van der Waals surface area contributed by atoms with Crippen LogP contribution in [-0.4, -0.2) is 94.1 Å². The Morgan fingerprint density at radius 3 is 1.97 bits per heavy atom. The fourth-order valence-electron chi connectivity index (χ4n) is 5.50. The van der Waals surface area contributed by atoms with Gasteiger partial charge in [0, 0.05) is 62.6 Å². The van der Waals surface area contributed by atoms with Gasteiger partial charge in [0.05, 0.1) is 17.5 Å². The molecule has 2 aliphatic heterocycles. The van der Waals surface area contributed by atoms with Crippen molar-refractivity contribution in [1.29, 1.82) is 0 Å². The molecule has 3 fully saturated rings. The normalized spacial score (nSPS) is 28.0. The van der Waals surface area contributed by atoms with Crippen LogP contribution in [0.5, 0.6) is 0 Å². The number of amides is 1. The van der Waals surface area contributed by atoms with Gasteiger partial charge in [0.15, 0.2) is 0 Å². The average molecular weight is 586 g/mol. The van der Waals surface area contributed by atoms with Crippen molar-refractivity contribution in [3.05, 3.63) is 24.3 Å². The smallest absolute Gasteiger partial charge is 0.282 e. The van der Waals surface area contributed by atoms with Crippen molar-refractivity contribution in [2.24, 2.45) is 5.92 Å². The lowest BCUT2D eigenvalue weighted by Gasteiger charge is -2.40. The number of carbonyl (C=O) groups is 1. The number of piperazine rings is 1. The maximum atomic E-state index is 13.2. The van der Waals surface area contributed by atoms with E-state index in [1.807, 2.05) is 38.1 Å². The molecule has 4 rings (SSSR count). The number of nitrogens with zero attached hydrogens (tertiary/aromatic N) is 3. The molecule has 220 valence electrons. The molecule has 2 N–H and O–H groups in total. The minimum atomic E-state index is -3.53. The van der Waals surface area contributed by atoms with Gasteiger partial charge in [0.2, 0.25) is 15.9 Å². The van der Waals surface area contributed by atoms with E-state index >= 15 is 0 Å². The first kappa shape index (κ1) is 30.2. The first-order valence-corrected chi connectivity index (χ1v) is 16.9. The van der Waals surface area contributed by atoms with Crippen LogP contribution in [0.4, 0.5) is 11.4 Å². The lowest BCUT2D eigenvalue weighted by molar-refractivity contribution is -0.120. The zero-order valence-corrected chi connectivity index (χ0v) is 25.0. The molecule has 2 saturated heterocycles. The van der Waals surface area contributed by atoms with Gasteiger partial charge in [-0.3, -0.25) is 4.79 Å². The maximum Gasteiger partial charge on any atom is 0.282 e. The summed E-state index contributed by atoms with van der Waals surface area (Å²) in [6.07, 6.45) is 2.34. The molecule has 11 nitrogen and oxygen atoms in total. The molecule has 0 aromatic heterocycles. The Bertz CT molecular complexity index is 1180. The molecule has 0 radical (unpaired) electrons. The second-order valence-corrected chi connectivity index (χ2v) is 15.5. The maximum absolute atomic E-state index is 13.2. The lowest BCUT2D eigenvalue weighted by atomic mass is 9.86. The van der Waals surface area contributed by atoms with Gasteiger partial charge in [0.25, 0.3) is 10.2 Å². The number of nitrogens with one attached hydrogen (secondary N) is 2. The van der Waals surface area contributed by atoms with E-state index in [0.717, 1.165) is 5.69 Å². The highest BCUT2D eigenvalue weighted by molar-refractivity contribution is 7.90. The van der Waals surface area contributed by atoms with Gasteiger partial charge in [-0.25, -0.2) is 13.1 Å². The van der Waals surface area contributed by atoms with E-state index in [1.165, 1.54) is 4.31 Å². The van der Waals surface area contributed by atoms with Gasteiger partial charge in [-0.05, 0) is 77.6 Å². The minimum absolute atomic E-state index is 0.0431. The minimum Gasteiger partial charge on any atom is -0.373 e. The fourth-order valence-corrected chi connectivity index (χ4v) is 8.22. The van der Waals surface area contributed by atoms with Gasteiger partial charge in [0.1, 0.15) is 0 Å². The summed E-state index contributed by atoms with van der Waals surface area (Å²) < 4.78 is 62.1. The molecule has 1 amide bonds. The Kier molecular flexibility index (Phi) is 9.60.